The van der Waals surface area contributed by atoms with Crippen molar-refractivity contribution in [3.05, 3.63) is 212 Å². The van der Waals surface area contributed by atoms with Gasteiger partial charge in [-0.3, -0.25) is 0 Å². The van der Waals surface area contributed by atoms with E-state index in [0.29, 0.717) is 0 Å². The molecule has 276 valence electrons. The van der Waals surface area contributed by atoms with E-state index in [1.54, 1.807) is 0 Å². The quantitative estimate of drug-likeness (QED) is 0.169. The van der Waals surface area contributed by atoms with E-state index < -0.39 is 0 Å². The summed E-state index contributed by atoms with van der Waals surface area (Å²) >= 11 is 0. The molecule has 0 radical (unpaired) electrons. The maximum Gasteiger partial charge on any atom is 0.143 e. The van der Waals surface area contributed by atoms with Crippen molar-refractivity contribution in [2.75, 3.05) is 4.90 Å². The van der Waals surface area contributed by atoms with Crippen LogP contribution in [-0.4, -0.2) is 0 Å². The molecule has 59 heavy (non-hydrogen) atoms. The summed E-state index contributed by atoms with van der Waals surface area (Å²) in [5.74, 6) is 0. The van der Waals surface area contributed by atoms with Crippen LogP contribution in [0, 0.1) is 0 Å². The lowest BCUT2D eigenvalue weighted by atomic mass is 9.96. The maximum atomic E-state index is 6.73. The average Bonchev–Trinajstić information content (AvgIpc) is 3.88. The molecular weight excluding hydrogens is 719 g/mol. The first kappa shape index (κ1) is 33.3. The molecule has 0 spiro atoms. The molecule has 12 aromatic rings. The lowest BCUT2D eigenvalue weighted by Crippen LogP contribution is -2.11. The molecule has 3 heteroatoms. The van der Waals surface area contributed by atoms with Crippen LogP contribution >= 0.6 is 0 Å². The number of anilines is 3. The molecule has 0 N–H and O–H groups in total. The largest absolute Gasteiger partial charge is 0.456 e. The molecule has 0 aliphatic rings. The third-order valence-corrected chi connectivity index (χ3v) is 11.8. The van der Waals surface area contributed by atoms with Crippen LogP contribution in [0.15, 0.2) is 221 Å². The highest BCUT2D eigenvalue weighted by Gasteiger charge is 2.23. The van der Waals surface area contributed by atoms with Crippen molar-refractivity contribution in [1.29, 1.82) is 0 Å². The SMILES string of the molecule is c1cc(-c2ccc(N(c3ccccc3-c3ccc4oc5ccccc5c4c3)c3cccc4oc5c6ccccc6ccc5c34)cc2)cc(-c2ccc3ccccc3c2)c1. The zero-order valence-electron chi connectivity index (χ0n) is 32.0. The standard InChI is InChI=1S/C56H35NO2/c1-2-13-39-34-42(24-23-36(39)11-1)41-15-9-14-40(33-41)37-25-29-44(30-26-37)57(51-20-10-22-54-55(51)48-31-27-38-12-3-4-17-46(38)56(48)59-54)50-19-7-5-16-45(50)43-28-32-53-49(35-43)47-18-6-8-21-52(47)58-53/h1-35H. The zero-order valence-corrected chi connectivity index (χ0v) is 32.0. The van der Waals surface area contributed by atoms with Crippen LogP contribution in [0.25, 0.3) is 98.8 Å². The van der Waals surface area contributed by atoms with Gasteiger partial charge in [-0.25, -0.2) is 0 Å². The molecule has 0 bridgehead atoms. The van der Waals surface area contributed by atoms with Crippen LogP contribution in [0.4, 0.5) is 17.1 Å². The summed E-state index contributed by atoms with van der Waals surface area (Å²) < 4.78 is 13.0. The second kappa shape index (κ2) is 13.4. The Kier molecular flexibility index (Phi) is 7.54. The number of nitrogens with zero attached hydrogens (tertiary/aromatic N) is 1. The fraction of sp³-hybridized carbons (Fsp3) is 0. The van der Waals surface area contributed by atoms with E-state index in [2.05, 4.69) is 205 Å². The first-order valence-corrected chi connectivity index (χ1v) is 20.1. The number of fused-ring (bicyclic) bond motifs is 9. The molecule has 10 aromatic carbocycles. The first-order chi connectivity index (χ1) is 29.2. The Bertz CT molecular complexity index is 3570. The van der Waals surface area contributed by atoms with Gasteiger partial charge in [0.1, 0.15) is 22.3 Å². The molecule has 2 heterocycles. The predicted octanol–water partition coefficient (Wildman–Crippen LogP) is 16.3. The highest BCUT2D eigenvalue weighted by molar-refractivity contribution is 6.20. The fourth-order valence-electron chi connectivity index (χ4n) is 8.99. The van der Waals surface area contributed by atoms with E-state index in [1.807, 2.05) is 12.1 Å². The summed E-state index contributed by atoms with van der Waals surface area (Å²) in [5, 5.41) is 9.13. The van der Waals surface area contributed by atoms with Gasteiger partial charge in [-0.2, -0.15) is 0 Å². The molecule has 0 saturated heterocycles. The van der Waals surface area contributed by atoms with Crippen LogP contribution in [0.3, 0.4) is 0 Å². The van der Waals surface area contributed by atoms with Gasteiger partial charge < -0.3 is 13.7 Å². The third kappa shape index (κ3) is 5.51. The number of benzene rings is 10. The smallest absolute Gasteiger partial charge is 0.143 e. The summed E-state index contributed by atoms with van der Waals surface area (Å²) in [6.07, 6.45) is 0. The maximum absolute atomic E-state index is 6.73. The topological polar surface area (TPSA) is 29.5 Å². The van der Waals surface area contributed by atoms with Crippen molar-refractivity contribution in [3.8, 4) is 33.4 Å². The van der Waals surface area contributed by atoms with Gasteiger partial charge >= 0.3 is 0 Å². The van der Waals surface area contributed by atoms with Crippen LogP contribution in [0.5, 0.6) is 0 Å². The van der Waals surface area contributed by atoms with Crippen molar-refractivity contribution in [2.45, 2.75) is 0 Å². The van der Waals surface area contributed by atoms with E-state index in [9.17, 15) is 0 Å². The van der Waals surface area contributed by atoms with Crippen molar-refractivity contribution in [1.82, 2.24) is 0 Å². The minimum Gasteiger partial charge on any atom is -0.456 e. The van der Waals surface area contributed by atoms with Gasteiger partial charge in [0.15, 0.2) is 0 Å². The molecule has 2 aromatic heterocycles. The second-order valence-corrected chi connectivity index (χ2v) is 15.3. The Hall–Kier alpha value is -7.88. The predicted molar refractivity (Wildman–Crippen MR) is 247 cm³/mol. The number of furan rings is 2. The average molecular weight is 754 g/mol. The number of hydrogen-bond donors (Lipinski definition) is 0. The van der Waals surface area contributed by atoms with E-state index >= 15 is 0 Å². The minimum absolute atomic E-state index is 0.852. The van der Waals surface area contributed by atoms with Crippen molar-refractivity contribution in [2.24, 2.45) is 0 Å². The van der Waals surface area contributed by atoms with E-state index in [1.165, 1.54) is 27.5 Å². The molecule has 0 amide bonds. The number of para-hydroxylation sites is 2. The fourth-order valence-corrected chi connectivity index (χ4v) is 8.99. The van der Waals surface area contributed by atoms with Gasteiger partial charge in [0.25, 0.3) is 0 Å². The first-order valence-electron chi connectivity index (χ1n) is 20.1. The Morgan fingerprint density at radius 2 is 0.932 bits per heavy atom. The third-order valence-electron chi connectivity index (χ3n) is 11.8. The van der Waals surface area contributed by atoms with Crippen molar-refractivity contribution >= 4 is 82.5 Å². The lowest BCUT2D eigenvalue weighted by Gasteiger charge is -2.28. The number of rotatable bonds is 6. The van der Waals surface area contributed by atoms with Crippen molar-refractivity contribution in [3.63, 3.8) is 0 Å². The summed E-state index contributed by atoms with van der Waals surface area (Å²) in [5.41, 5.74) is 13.6. The molecule has 0 fully saturated rings. The number of hydrogen-bond acceptors (Lipinski definition) is 3. The molecular formula is C56H35NO2. The molecule has 0 saturated carbocycles. The summed E-state index contributed by atoms with van der Waals surface area (Å²) in [6, 6.07) is 75.9. The molecule has 0 aliphatic carbocycles. The van der Waals surface area contributed by atoms with Crippen molar-refractivity contribution < 1.29 is 8.83 Å². The molecule has 0 aliphatic heterocycles. The Balaban J connectivity index is 1.03. The normalized spacial score (nSPS) is 11.7. The van der Waals surface area contributed by atoms with E-state index in [-0.39, 0.29) is 0 Å². The summed E-state index contributed by atoms with van der Waals surface area (Å²) in [6.45, 7) is 0. The molecule has 0 atom stereocenters. The van der Waals surface area contributed by atoms with Crippen LogP contribution in [0.2, 0.25) is 0 Å². The zero-order chi connectivity index (χ0) is 38.9. The van der Waals surface area contributed by atoms with Gasteiger partial charge in [-0.15, -0.1) is 0 Å². The van der Waals surface area contributed by atoms with Gasteiger partial charge in [0, 0.05) is 32.8 Å². The van der Waals surface area contributed by atoms with Crippen LogP contribution in [0.1, 0.15) is 0 Å². The summed E-state index contributed by atoms with van der Waals surface area (Å²) in [7, 11) is 0. The van der Waals surface area contributed by atoms with Gasteiger partial charge in [-0.1, -0.05) is 146 Å². The van der Waals surface area contributed by atoms with E-state index in [0.717, 1.165) is 88.4 Å². The molecule has 0 unspecified atom stereocenters. The van der Waals surface area contributed by atoms with Crippen LogP contribution < -0.4 is 4.90 Å². The van der Waals surface area contributed by atoms with E-state index in [4.69, 9.17) is 8.83 Å². The monoisotopic (exact) mass is 753 g/mol. The second-order valence-electron chi connectivity index (χ2n) is 15.3. The Labute approximate surface area is 340 Å². The van der Waals surface area contributed by atoms with Gasteiger partial charge in [0.05, 0.1) is 16.8 Å². The Morgan fingerprint density at radius 3 is 1.83 bits per heavy atom. The van der Waals surface area contributed by atoms with Crippen LogP contribution in [-0.2, 0) is 0 Å². The molecule has 12 rings (SSSR count). The lowest BCUT2D eigenvalue weighted by molar-refractivity contribution is 0.669. The van der Waals surface area contributed by atoms with Gasteiger partial charge in [-0.05, 0) is 111 Å². The van der Waals surface area contributed by atoms with Gasteiger partial charge in [0.2, 0.25) is 0 Å². The molecule has 3 nitrogen and oxygen atoms in total. The Morgan fingerprint density at radius 1 is 0.305 bits per heavy atom. The highest BCUT2D eigenvalue weighted by atomic mass is 16.3. The highest BCUT2D eigenvalue weighted by Crippen LogP contribution is 2.47. The minimum atomic E-state index is 0.852. The summed E-state index contributed by atoms with van der Waals surface area (Å²) in [4.78, 5) is 2.40.